The number of aromatic amines is 1. The molecular weight excluding hydrogens is 308 g/mol. The molecule has 0 aliphatic heterocycles. The van der Waals surface area contributed by atoms with Gasteiger partial charge in [-0.15, -0.1) is 0 Å². The van der Waals surface area contributed by atoms with Crippen molar-refractivity contribution in [1.82, 2.24) is 20.3 Å². The molecule has 3 aromatic rings. The number of fused-ring (bicyclic) bond motifs is 1. The first-order valence-electron chi connectivity index (χ1n) is 7.53. The SMILES string of the molecule is COc1ncc(CN[C@@H](Cc2c[nH]c3ccccc23)C(=O)O)cn1. The zero-order valence-corrected chi connectivity index (χ0v) is 13.2. The molecule has 1 aromatic carbocycles. The zero-order valence-electron chi connectivity index (χ0n) is 13.2. The van der Waals surface area contributed by atoms with Crippen molar-refractivity contribution < 1.29 is 14.6 Å². The molecule has 0 unspecified atom stereocenters. The van der Waals surface area contributed by atoms with Gasteiger partial charge in [0.2, 0.25) is 0 Å². The fraction of sp³-hybridized carbons (Fsp3) is 0.235. The Kier molecular flexibility index (Phi) is 4.72. The predicted molar refractivity (Wildman–Crippen MR) is 88.9 cm³/mol. The Balaban J connectivity index is 1.69. The first-order valence-corrected chi connectivity index (χ1v) is 7.53. The summed E-state index contributed by atoms with van der Waals surface area (Å²) >= 11 is 0. The van der Waals surface area contributed by atoms with Gasteiger partial charge in [0.1, 0.15) is 6.04 Å². The number of aromatic nitrogens is 3. The monoisotopic (exact) mass is 326 g/mol. The fourth-order valence-electron chi connectivity index (χ4n) is 2.55. The summed E-state index contributed by atoms with van der Waals surface area (Å²) in [6.07, 6.45) is 5.47. The lowest BCUT2D eigenvalue weighted by Crippen LogP contribution is -2.38. The number of benzene rings is 1. The Morgan fingerprint density at radius 2 is 2.08 bits per heavy atom. The Morgan fingerprint density at radius 1 is 1.33 bits per heavy atom. The van der Waals surface area contributed by atoms with Crippen LogP contribution in [0.15, 0.2) is 42.9 Å². The molecule has 0 radical (unpaired) electrons. The van der Waals surface area contributed by atoms with E-state index in [4.69, 9.17) is 4.74 Å². The van der Waals surface area contributed by atoms with Crippen LogP contribution in [0.4, 0.5) is 0 Å². The Bertz CT molecular complexity index is 829. The van der Waals surface area contributed by atoms with Gasteiger partial charge in [0.05, 0.1) is 7.11 Å². The fourth-order valence-corrected chi connectivity index (χ4v) is 2.55. The van der Waals surface area contributed by atoms with Gasteiger partial charge in [-0.05, 0) is 11.6 Å². The van der Waals surface area contributed by atoms with Crippen LogP contribution in [0.3, 0.4) is 0 Å². The number of H-pyrrole nitrogens is 1. The number of para-hydroxylation sites is 1. The standard InChI is InChI=1S/C17H18N4O3/c1-24-17-20-8-11(9-21-17)7-18-15(16(22)23)6-12-10-19-14-5-3-2-4-13(12)14/h2-5,8-10,15,18-19H,6-7H2,1H3,(H,22,23)/t15-/m0/s1. The third-order valence-electron chi connectivity index (χ3n) is 3.81. The average molecular weight is 326 g/mol. The van der Waals surface area contributed by atoms with E-state index < -0.39 is 12.0 Å². The molecule has 2 heterocycles. The normalized spacial score (nSPS) is 12.2. The minimum atomic E-state index is -0.894. The molecule has 1 atom stereocenters. The summed E-state index contributed by atoms with van der Waals surface area (Å²) in [4.78, 5) is 22.7. The van der Waals surface area contributed by atoms with Crippen molar-refractivity contribution in [2.75, 3.05) is 7.11 Å². The number of aliphatic carboxylic acids is 1. The highest BCUT2D eigenvalue weighted by Gasteiger charge is 2.19. The van der Waals surface area contributed by atoms with E-state index in [9.17, 15) is 9.90 Å². The van der Waals surface area contributed by atoms with Crippen LogP contribution < -0.4 is 10.1 Å². The summed E-state index contributed by atoms with van der Waals surface area (Å²) in [6.45, 7) is 0.364. The maximum Gasteiger partial charge on any atom is 0.321 e. The van der Waals surface area contributed by atoms with Crippen LogP contribution in [0.25, 0.3) is 10.9 Å². The highest BCUT2D eigenvalue weighted by atomic mass is 16.5. The van der Waals surface area contributed by atoms with Crippen LogP contribution in [0.2, 0.25) is 0 Å². The molecule has 0 bridgehead atoms. The molecule has 2 aromatic heterocycles. The second kappa shape index (κ2) is 7.10. The minimum Gasteiger partial charge on any atom is -0.480 e. The molecule has 3 N–H and O–H groups in total. The van der Waals surface area contributed by atoms with Crippen molar-refractivity contribution in [2.24, 2.45) is 0 Å². The van der Waals surface area contributed by atoms with Crippen LogP contribution in [0, 0.1) is 0 Å². The third-order valence-corrected chi connectivity index (χ3v) is 3.81. The summed E-state index contributed by atoms with van der Waals surface area (Å²) in [5.74, 6) is -0.894. The number of hydrogen-bond donors (Lipinski definition) is 3. The lowest BCUT2D eigenvalue weighted by molar-refractivity contribution is -0.139. The number of rotatable bonds is 7. The Labute approximate surface area is 138 Å². The first-order chi connectivity index (χ1) is 11.7. The number of nitrogens with zero attached hydrogens (tertiary/aromatic N) is 2. The van der Waals surface area contributed by atoms with Gasteiger partial charge in [-0.1, -0.05) is 18.2 Å². The van der Waals surface area contributed by atoms with E-state index in [0.717, 1.165) is 22.0 Å². The van der Waals surface area contributed by atoms with Crippen molar-refractivity contribution >= 4 is 16.9 Å². The van der Waals surface area contributed by atoms with Gasteiger partial charge in [0, 0.05) is 48.0 Å². The van der Waals surface area contributed by atoms with Crippen LogP contribution in [0.5, 0.6) is 6.01 Å². The van der Waals surface area contributed by atoms with E-state index in [1.54, 1.807) is 12.4 Å². The van der Waals surface area contributed by atoms with E-state index in [1.165, 1.54) is 7.11 Å². The topological polar surface area (TPSA) is 100 Å². The molecule has 0 fully saturated rings. The van der Waals surface area contributed by atoms with Crippen molar-refractivity contribution in [2.45, 2.75) is 19.0 Å². The number of carboxylic acids is 1. The molecule has 3 rings (SSSR count). The van der Waals surface area contributed by atoms with E-state index >= 15 is 0 Å². The second-order valence-electron chi connectivity index (χ2n) is 5.41. The van der Waals surface area contributed by atoms with Gasteiger partial charge in [-0.3, -0.25) is 10.1 Å². The van der Waals surface area contributed by atoms with Crippen LogP contribution in [-0.2, 0) is 17.8 Å². The number of ether oxygens (including phenoxy) is 1. The summed E-state index contributed by atoms with van der Waals surface area (Å²) in [6, 6.07) is 7.42. The van der Waals surface area contributed by atoms with Gasteiger partial charge in [0.25, 0.3) is 0 Å². The highest BCUT2D eigenvalue weighted by Crippen LogP contribution is 2.19. The second-order valence-corrected chi connectivity index (χ2v) is 5.41. The van der Waals surface area contributed by atoms with Gasteiger partial charge in [-0.2, -0.15) is 0 Å². The lowest BCUT2D eigenvalue weighted by Gasteiger charge is -2.14. The number of hydrogen-bond acceptors (Lipinski definition) is 5. The molecule has 0 spiro atoms. The average Bonchev–Trinajstić information content (AvgIpc) is 3.02. The zero-order chi connectivity index (χ0) is 16.9. The number of methoxy groups -OCH3 is 1. The van der Waals surface area contributed by atoms with Gasteiger partial charge in [0.15, 0.2) is 0 Å². The molecule has 7 nitrogen and oxygen atoms in total. The summed E-state index contributed by atoms with van der Waals surface area (Å²) in [7, 11) is 1.49. The minimum absolute atomic E-state index is 0.285. The van der Waals surface area contributed by atoms with Crippen molar-refractivity contribution in [3.63, 3.8) is 0 Å². The summed E-state index contributed by atoms with van der Waals surface area (Å²) in [5.41, 5.74) is 2.76. The van der Waals surface area contributed by atoms with Gasteiger partial charge >= 0.3 is 12.0 Å². The van der Waals surface area contributed by atoms with Crippen molar-refractivity contribution in [3.8, 4) is 6.01 Å². The molecule has 124 valence electrons. The molecule has 0 aliphatic rings. The van der Waals surface area contributed by atoms with E-state index in [2.05, 4.69) is 20.3 Å². The van der Waals surface area contributed by atoms with Crippen molar-refractivity contribution in [3.05, 3.63) is 54.0 Å². The van der Waals surface area contributed by atoms with Crippen LogP contribution in [0.1, 0.15) is 11.1 Å². The van der Waals surface area contributed by atoms with Crippen molar-refractivity contribution in [1.29, 1.82) is 0 Å². The largest absolute Gasteiger partial charge is 0.480 e. The van der Waals surface area contributed by atoms with Crippen LogP contribution >= 0.6 is 0 Å². The Hall–Kier alpha value is -2.93. The number of carboxylic acid groups (broad SMARTS) is 1. The van der Waals surface area contributed by atoms with Crippen LogP contribution in [-0.4, -0.2) is 39.2 Å². The molecule has 7 heteroatoms. The molecule has 0 aliphatic carbocycles. The number of carbonyl (C=O) groups is 1. The maximum atomic E-state index is 11.6. The maximum absolute atomic E-state index is 11.6. The molecule has 0 saturated heterocycles. The summed E-state index contributed by atoms with van der Waals surface area (Å²) < 4.78 is 4.90. The van der Waals surface area contributed by atoms with E-state index in [-0.39, 0.29) is 6.01 Å². The highest BCUT2D eigenvalue weighted by molar-refractivity contribution is 5.84. The number of nitrogens with one attached hydrogen (secondary N) is 2. The molecule has 0 saturated carbocycles. The summed E-state index contributed by atoms with van der Waals surface area (Å²) in [5, 5.41) is 13.6. The van der Waals surface area contributed by atoms with E-state index in [1.807, 2.05) is 30.5 Å². The Morgan fingerprint density at radius 3 is 2.79 bits per heavy atom. The van der Waals surface area contributed by atoms with Gasteiger partial charge in [-0.25, -0.2) is 9.97 Å². The molecule has 24 heavy (non-hydrogen) atoms. The molecule has 0 amide bonds. The lowest BCUT2D eigenvalue weighted by atomic mass is 10.0. The smallest absolute Gasteiger partial charge is 0.321 e. The third kappa shape index (κ3) is 3.52. The van der Waals surface area contributed by atoms with E-state index in [0.29, 0.717) is 13.0 Å². The van der Waals surface area contributed by atoms with Gasteiger partial charge < -0.3 is 14.8 Å². The quantitative estimate of drug-likeness (QED) is 0.612. The predicted octanol–water partition coefficient (Wildman–Crippen LogP) is 1.75. The molecular formula is C17H18N4O3. The first kappa shape index (κ1) is 15.9.